The van der Waals surface area contributed by atoms with Crippen LogP contribution in [0.1, 0.15) is 51.0 Å². The van der Waals surface area contributed by atoms with Gasteiger partial charge < -0.3 is 19.9 Å². The number of hydrogen-bond acceptors (Lipinski definition) is 5. The standard InChI is InChI=1S/C19H27NO4/c1-14(21)22-12-9-17-18(13-15-7-3-4-8-16(15)20)24-19(23-17)10-5-2-6-11-19/h3-4,7-8,17-18H,2,5-6,9-13,20H2,1H3/t17-,18-/m1/s1. The van der Waals surface area contributed by atoms with E-state index < -0.39 is 5.79 Å². The summed E-state index contributed by atoms with van der Waals surface area (Å²) in [5, 5.41) is 0. The van der Waals surface area contributed by atoms with Crippen LogP contribution in [0.15, 0.2) is 24.3 Å². The summed E-state index contributed by atoms with van der Waals surface area (Å²) < 4.78 is 17.8. The first-order valence-corrected chi connectivity index (χ1v) is 8.90. The molecule has 0 amide bonds. The molecule has 0 bridgehead atoms. The fraction of sp³-hybridized carbons (Fsp3) is 0.632. The number of carbonyl (C=O) groups is 1. The van der Waals surface area contributed by atoms with Gasteiger partial charge in [-0.3, -0.25) is 4.79 Å². The maximum Gasteiger partial charge on any atom is 0.302 e. The van der Waals surface area contributed by atoms with Crippen LogP contribution in [0, 0.1) is 0 Å². The molecule has 5 heteroatoms. The summed E-state index contributed by atoms with van der Waals surface area (Å²) in [7, 11) is 0. The molecule has 2 N–H and O–H groups in total. The van der Waals surface area contributed by atoms with Crippen LogP contribution >= 0.6 is 0 Å². The Bertz CT molecular complexity index is 568. The van der Waals surface area contributed by atoms with Crippen LogP contribution < -0.4 is 5.73 Å². The molecule has 3 rings (SSSR count). The van der Waals surface area contributed by atoms with E-state index in [1.807, 2.05) is 24.3 Å². The van der Waals surface area contributed by atoms with E-state index in [1.54, 1.807) is 0 Å². The first kappa shape index (κ1) is 17.2. The van der Waals surface area contributed by atoms with Crippen LogP contribution in [0.5, 0.6) is 0 Å². The second-order valence-electron chi connectivity index (χ2n) is 6.82. The van der Waals surface area contributed by atoms with Gasteiger partial charge in [0.2, 0.25) is 0 Å². The van der Waals surface area contributed by atoms with Crippen molar-refractivity contribution in [1.29, 1.82) is 0 Å². The van der Waals surface area contributed by atoms with E-state index >= 15 is 0 Å². The van der Waals surface area contributed by atoms with E-state index in [1.165, 1.54) is 13.3 Å². The maximum atomic E-state index is 11.0. The van der Waals surface area contributed by atoms with Crippen LogP contribution in [-0.4, -0.2) is 30.6 Å². The molecular weight excluding hydrogens is 306 g/mol. The number of rotatable bonds is 5. The van der Waals surface area contributed by atoms with Gasteiger partial charge in [0.25, 0.3) is 0 Å². The van der Waals surface area contributed by atoms with Gasteiger partial charge in [-0.25, -0.2) is 0 Å². The number of carbonyl (C=O) groups excluding carboxylic acids is 1. The maximum absolute atomic E-state index is 11.0. The lowest BCUT2D eigenvalue weighted by molar-refractivity contribution is -0.194. The number of esters is 1. The van der Waals surface area contributed by atoms with Gasteiger partial charge in [-0.2, -0.15) is 0 Å². The first-order chi connectivity index (χ1) is 11.6. The number of hydrogen-bond donors (Lipinski definition) is 1. The van der Waals surface area contributed by atoms with E-state index in [2.05, 4.69) is 0 Å². The van der Waals surface area contributed by atoms with Gasteiger partial charge in [0.1, 0.15) is 0 Å². The third-order valence-corrected chi connectivity index (χ3v) is 4.95. The molecule has 132 valence electrons. The van der Waals surface area contributed by atoms with Gasteiger partial charge in [0.15, 0.2) is 5.79 Å². The highest BCUT2D eigenvalue weighted by atomic mass is 16.8. The van der Waals surface area contributed by atoms with E-state index in [-0.39, 0.29) is 18.2 Å². The SMILES string of the molecule is CC(=O)OCC[C@H]1OC2(CCCCC2)O[C@@H]1Cc1ccccc1N. The smallest absolute Gasteiger partial charge is 0.302 e. The first-order valence-electron chi connectivity index (χ1n) is 8.90. The average molecular weight is 333 g/mol. The van der Waals surface area contributed by atoms with Crippen LogP contribution in [0.3, 0.4) is 0 Å². The summed E-state index contributed by atoms with van der Waals surface area (Å²) in [6.45, 7) is 1.79. The van der Waals surface area contributed by atoms with Gasteiger partial charge in [0, 0.05) is 38.3 Å². The van der Waals surface area contributed by atoms with Crippen LogP contribution in [0.2, 0.25) is 0 Å². The molecule has 0 unspecified atom stereocenters. The second-order valence-corrected chi connectivity index (χ2v) is 6.82. The molecule has 1 aromatic rings. The van der Waals surface area contributed by atoms with Crippen LogP contribution in [0.4, 0.5) is 5.69 Å². The fourth-order valence-corrected chi connectivity index (χ4v) is 3.73. The summed E-state index contributed by atoms with van der Waals surface area (Å²) in [5.41, 5.74) is 7.95. The predicted molar refractivity (Wildman–Crippen MR) is 91.4 cm³/mol. The monoisotopic (exact) mass is 333 g/mol. The van der Waals surface area contributed by atoms with Crippen molar-refractivity contribution in [3.05, 3.63) is 29.8 Å². The van der Waals surface area contributed by atoms with Crippen molar-refractivity contribution in [3.8, 4) is 0 Å². The van der Waals surface area contributed by atoms with E-state index in [0.29, 0.717) is 13.0 Å². The van der Waals surface area contributed by atoms with E-state index in [9.17, 15) is 4.79 Å². The topological polar surface area (TPSA) is 70.8 Å². The molecule has 24 heavy (non-hydrogen) atoms. The number of benzene rings is 1. The van der Waals surface area contributed by atoms with E-state index in [4.69, 9.17) is 19.9 Å². The van der Waals surface area contributed by atoms with Gasteiger partial charge >= 0.3 is 5.97 Å². The Morgan fingerprint density at radius 1 is 1.21 bits per heavy atom. The Labute approximate surface area is 143 Å². The summed E-state index contributed by atoms with van der Waals surface area (Å²) in [5.74, 6) is -0.710. The van der Waals surface area contributed by atoms with Gasteiger partial charge in [0.05, 0.1) is 18.8 Å². The third kappa shape index (κ3) is 4.08. The van der Waals surface area contributed by atoms with Gasteiger partial charge in [-0.15, -0.1) is 0 Å². The molecule has 1 spiro atoms. The van der Waals surface area contributed by atoms with Crippen molar-refractivity contribution >= 4 is 11.7 Å². The summed E-state index contributed by atoms with van der Waals surface area (Å²) in [6, 6.07) is 7.88. The molecule has 1 heterocycles. The lowest BCUT2D eigenvalue weighted by Crippen LogP contribution is -2.33. The second kappa shape index (κ2) is 7.53. The zero-order valence-electron chi connectivity index (χ0n) is 14.3. The molecule has 1 aliphatic carbocycles. The Morgan fingerprint density at radius 2 is 1.92 bits per heavy atom. The van der Waals surface area contributed by atoms with Gasteiger partial charge in [-0.05, 0) is 24.5 Å². The molecular formula is C19H27NO4. The minimum Gasteiger partial charge on any atom is -0.466 e. The Kier molecular flexibility index (Phi) is 5.41. The fourth-order valence-electron chi connectivity index (χ4n) is 3.73. The number of anilines is 1. The summed E-state index contributed by atoms with van der Waals surface area (Å²) in [4.78, 5) is 11.0. The van der Waals surface area contributed by atoms with Crippen LogP contribution in [-0.2, 0) is 25.4 Å². The molecule has 2 aliphatic rings. The molecule has 2 atom stereocenters. The molecule has 1 aromatic carbocycles. The Morgan fingerprint density at radius 3 is 2.62 bits per heavy atom. The molecule has 2 fully saturated rings. The molecule has 1 saturated heterocycles. The largest absolute Gasteiger partial charge is 0.466 e. The zero-order valence-corrected chi connectivity index (χ0v) is 14.3. The highest BCUT2D eigenvalue weighted by Crippen LogP contribution is 2.42. The number of nitrogen functional groups attached to an aromatic ring is 1. The highest BCUT2D eigenvalue weighted by Gasteiger charge is 2.47. The molecule has 1 saturated carbocycles. The highest BCUT2D eigenvalue weighted by molar-refractivity contribution is 5.65. The molecule has 0 radical (unpaired) electrons. The van der Waals surface area contributed by atoms with Crippen molar-refractivity contribution in [1.82, 2.24) is 0 Å². The van der Waals surface area contributed by atoms with Crippen molar-refractivity contribution < 1.29 is 19.0 Å². The normalized spacial score (nSPS) is 25.7. The zero-order chi connectivity index (χ0) is 17.0. The minimum atomic E-state index is -0.451. The number of nitrogens with two attached hydrogens (primary N) is 1. The lowest BCUT2D eigenvalue weighted by Gasteiger charge is -2.32. The van der Waals surface area contributed by atoms with E-state index in [0.717, 1.165) is 43.4 Å². The molecule has 1 aliphatic heterocycles. The predicted octanol–water partition coefficient (Wildman–Crippen LogP) is 3.21. The number of ether oxygens (including phenoxy) is 3. The summed E-state index contributed by atoms with van der Waals surface area (Å²) in [6.07, 6.45) is 6.65. The lowest BCUT2D eigenvalue weighted by atomic mass is 9.94. The third-order valence-electron chi connectivity index (χ3n) is 4.95. The van der Waals surface area contributed by atoms with Crippen molar-refractivity contribution in [2.75, 3.05) is 12.3 Å². The average Bonchev–Trinajstić information content (AvgIpc) is 2.87. The summed E-state index contributed by atoms with van der Waals surface area (Å²) >= 11 is 0. The molecule has 0 aromatic heterocycles. The van der Waals surface area contributed by atoms with Crippen molar-refractivity contribution in [2.24, 2.45) is 0 Å². The van der Waals surface area contributed by atoms with Crippen molar-refractivity contribution in [3.63, 3.8) is 0 Å². The Balaban J connectivity index is 1.70. The quantitative estimate of drug-likeness (QED) is 0.662. The minimum absolute atomic E-state index is 0.0524. The Hall–Kier alpha value is -1.59. The van der Waals surface area contributed by atoms with Crippen molar-refractivity contribution in [2.45, 2.75) is 69.9 Å². The van der Waals surface area contributed by atoms with Crippen LogP contribution in [0.25, 0.3) is 0 Å². The number of para-hydroxylation sites is 1. The molecule has 5 nitrogen and oxygen atoms in total. The van der Waals surface area contributed by atoms with Gasteiger partial charge in [-0.1, -0.05) is 24.6 Å².